The number of carboxylic acids is 2. The van der Waals surface area contributed by atoms with Gasteiger partial charge in [0.25, 0.3) is 10.0 Å². The predicted octanol–water partition coefficient (Wildman–Crippen LogP) is 4.09. The van der Waals surface area contributed by atoms with Crippen LogP contribution in [0.25, 0.3) is 10.9 Å². The van der Waals surface area contributed by atoms with Crippen molar-refractivity contribution < 1.29 is 72.5 Å². The second kappa shape index (κ2) is 17.6. The molecule has 0 fully saturated rings. The zero-order valence-electron chi connectivity index (χ0n) is 25.2. The highest BCUT2D eigenvalue weighted by Crippen LogP contribution is 2.30. The molecule has 22 heteroatoms. The molecule has 12 nitrogen and oxygen atoms in total. The number of nitrogens with zero attached hydrogens (tertiary/aromatic N) is 2. The van der Waals surface area contributed by atoms with Crippen LogP contribution in [0.2, 0.25) is 0 Å². The van der Waals surface area contributed by atoms with Crippen LogP contribution < -0.4 is 15.4 Å². The van der Waals surface area contributed by atoms with Crippen molar-refractivity contribution in [2.45, 2.75) is 30.0 Å². The number of carbonyl (C=O) groups is 3. The molecule has 3 aromatic rings. The Morgan fingerprint density at radius 1 is 0.816 bits per heavy atom. The molecule has 2 aromatic carbocycles. The lowest BCUT2D eigenvalue weighted by atomic mass is 10.2. The van der Waals surface area contributed by atoms with E-state index in [2.05, 4.69) is 20.3 Å². The number of sulfonamides is 1. The lowest BCUT2D eigenvalue weighted by Crippen LogP contribution is -2.37. The monoisotopic (exact) mass is 737 g/mol. The van der Waals surface area contributed by atoms with Gasteiger partial charge in [-0.3, -0.25) is 9.52 Å². The SMILES string of the molecule is CN(C)CCNC(=O)CNCc1ccc2cccc(NS(=O)(=O)c3ccc(C(F)(F)F)cc3)c2n1.O=C(O)C(F)(F)F.O=C(O)C(F)(F)F. The highest BCUT2D eigenvalue weighted by Gasteiger charge is 2.39. The largest absolute Gasteiger partial charge is 0.490 e. The third kappa shape index (κ3) is 15.4. The van der Waals surface area contributed by atoms with Crippen LogP contribution in [-0.2, 0) is 37.1 Å². The summed E-state index contributed by atoms with van der Waals surface area (Å²) in [6, 6.07) is 11.7. The summed E-state index contributed by atoms with van der Waals surface area (Å²) in [4.78, 5) is 35.8. The minimum absolute atomic E-state index is 0.0926. The normalized spacial score (nSPS) is 11.9. The van der Waals surface area contributed by atoms with Gasteiger partial charge < -0.3 is 25.7 Å². The summed E-state index contributed by atoms with van der Waals surface area (Å²) in [5, 5.41) is 20.7. The second-order valence-electron chi connectivity index (χ2n) is 9.67. The number of nitrogens with one attached hydrogen (secondary N) is 3. The number of anilines is 1. The number of benzene rings is 2. The Kier molecular flexibility index (Phi) is 15.2. The molecule has 0 bridgehead atoms. The van der Waals surface area contributed by atoms with E-state index in [1.807, 2.05) is 19.0 Å². The molecule has 0 saturated heterocycles. The van der Waals surface area contributed by atoms with Crippen LogP contribution in [0.4, 0.5) is 45.2 Å². The van der Waals surface area contributed by atoms with Crippen LogP contribution in [0.3, 0.4) is 0 Å². The van der Waals surface area contributed by atoms with E-state index < -0.39 is 46.1 Å². The van der Waals surface area contributed by atoms with Crippen LogP contribution in [0.1, 0.15) is 11.3 Å². The van der Waals surface area contributed by atoms with Crippen molar-refractivity contribution in [3.8, 4) is 0 Å². The first-order valence-electron chi connectivity index (χ1n) is 13.2. The number of halogens is 9. The summed E-state index contributed by atoms with van der Waals surface area (Å²) in [6.07, 6.45) is -14.7. The van der Waals surface area contributed by atoms with E-state index in [1.165, 1.54) is 6.07 Å². The van der Waals surface area contributed by atoms with Gasteiger partial charge in [-0.05, 0) is 50.5 Å². The first-order chi connectivity index (χ1) is 22.3. The number of para-hydroxylation sites is 1. The standard InChI is InChI=1S/C23H26F3N5O3S.2C2HF3O2/c1-31(2)13-12-28-21(32)15-27-14-18-9-6-16-4-3-5-20(22(16)29-18)30-35(33,34)19-10-7-17(8-11-19)23(24,25)26;2*3-2(4,5)1(6)7/h3-11,27,30H,12-15H2,1-2H3,(H,28,32);2*(H,6,7). The van der Waals surface area contributed by atoms with Crippen molar-refractivity contribution in [2.24, 2.45) is 0 Å². The molecule has 5 N–H and O–H groups in total. The number of likely N-dealkylation sites (N-methyl/N-ethyl adjacent to an activating group) is 1. The minimum Gasteiger partial charge on any atom is -0.475 e. The van der Waals surface area contributed by atoms with E-state index in [9.17, 15) is 52.7 Å². The molecule has 0 aliphatic carbocycles. The van der Waals surface area contributed by atoms with Gasteiger partial charge in [0.1, 0.15) is 0 Å². The molecule has 0 saturated carbocycles. The van der Waals surface area contributed by atoms with Crippen LogP contribution in [0.15, 0.2) is 59.5 Å². The average Bonchev–Trinajstić information content (AvgIpc) is 2.96. The molecule has 0 aliphatic rings. The number of hydrogen-bond acceptors (Lipinski definition) is 8. The van der Waals surface area contributed by atoms with Crippen molar-refractivity contribution in [3.63, 3.8) is 0 Å². The van der Waals surface area contributed by atoms with Gasteiger partial charge in [-0.15, -0.1) is 0 Å². The molecule has 0 radical (unpaired) electrons. The molecule has 1 aromatic heterocycles. The molecule has 1 heterocycles. The minimum atomic E-state index is -5.08. The first kappa shape index (κ1) is 42.3. The van der Waals surface area contributed by atoms with Gasteiger partial charge in [0, 0.05) is 25.0 Å². The van der Waals surface area contributed by atoms with Crippen molar-refractivity contribution >= 4 is 44.5 Å². The summed E-state index contributed by atoms with van der Waals surface area (Å²) in [5.74, 6) is -5.67. The van der Waals surface area contributed by atoms with Crippen LogP contribution in [0, 0.1) is 0 Å². The Bertz CT molecular complexity index is 1660. The topological polar surface area (TPSA) is 178 Å². The summed E-state index contributed by atoms with van der Waals surface area (Å²) in [7, 11) is -0.332. The zero-order valence-corrected chi connectivity index (χ0v) is 26.0. The number of fused-ring (bicyclic) bond motifs is 1. The number of carbonyl (C=O) groups excluding carboxylic acids is 1. The molecule has 49 heavy (non-hydrogen) atoms. The van der Waals surface area contributed by atoms with Crippen molar-refractivity contribution in [3.05, 3.63) is 65.9 Å². The average molecular weight is 738 g/mol. The van der Waals surface area contributed by atoms with Gasteiger partial charge in [-0.2, -0.15) is 39.5 Å². The quantitative estimate of drug-likeness (QED) is 0.191. The Balaban J connectivity index is 0.000000717. The summed E-state index contributed by atoms with van der Waals surface area (Å²) in [5.41, 5.74) is 0.204. The van der Waals surface area contributed by atoms with Gasteiger partial charge in [-0.1, -0.05) is 18.2 Å². The summed E-state index contributed by atoms with van der Waals surface area (Å²) < 4.78 is 130. The Morgan fingerprint density at radius 2 is 1.35 bits per heavy atom. The van der Waals surface area contributed by atoms with E-state index in [1.54, 1.807) is 24.3 Å². The molecule has 0 unspecified atom stereocenters. The van der Waals surface area contributed by atoms with E-state index in [-0.39, 0.29) is 29.6 Å². The Morgan fingerprint density at radius 3 is 1.82 bits per heavy atom. The number of hydrogen-bond donors (Lipinski definition) is 5. The summed E-state index contributed by atoms with van der Waals surface area (Å²) >= 11 is 0. The molecule has 3 rings (SSSR count). The number of pyridine rings is 1. The number of aliphatic carboxylic acids is 2. The smallest absolute Gasteiger partial charge is 0.475 e. The van der Waals surface area contributed by atoms with Gasteiger partial charge in [0.2, 0.25) is 5.91 Å². The fourth-order valence-electron chi connectivity index (χ4n) is 3.18. The third-order valence-corrected chi connectivity index (χ3v) is 6.85. The van der Waals surface area contributed by atoms with Gasteiger partial charge >= 0.3 is 30.5 Å². The van der Waals surface area contributed by atoms with Crippen LogP contribution >= 0.6 is 0 Å². The number of alkyl halides is 9. The molecule has 1 amide bonds. The lowest BCUT2D eigenvalue weighted by Gasteiger charge is -2.13. The fraction of sp³-hybridized carbons (Fsp3) is 0.333. The lowest BCUT2D eigenvalue weighted by molar-refractivity contribution is -0.193. The van der Waals surface area contributed by atoms with E-state index in [0.29, 0.717) is 23.1 Å². The van der Waals surface area contributed by atoms with Crippen molar-refractivity contribution in [1.29, 1.82) is 0 Å². The first-order valence-corrected chi connectivity index (χ1v) is 14.6. The van der Waals surface area contributed by atoms with Gasteiger partial charge in [0.15, 0.2) is 0 Å². The predicted molar refractivity (Wildman–Crippen MR) is 155 cm³/mol. The molecular formula is C27H28F9N5O7S. The van der Waals surface area contributed by atoms with E-state index in [0.717, 1.165) is 30.8 Å². The summed E-state index contributed by atoms with van der Waals surface area (Å²) in [6.45, 7) is 1.62. The highest BCUT2D eigenvalue weighted by molar-refractivity contribution is 7.92. The van der Waals surface area contributed by atoms with Gasteiger partial charge in [-0.25, -0.2) is 23.0 Å². The van der Waals surface area contributed by atoms with Crippen LogP contribution in [0.5, 0.6) is 0 Å². The molecule has 0 atom stereocenters. The van der Waals surface area contributed by atoms with Gasteiger partial charge in [0.05, 0.1) is 33.9 Å². The number of amides is 1. The number of rotatable bonds is 10. The maximum absolute atomic E-state index is 12.8. The molecule has 0 spiro atoms. The maximum atomic E-state index is 12.8. The number of aromatic nitrogens is 1. The fourth-order valence-corrected chi connectivity index (χ4v) is 4.25. The Hall–Kier alpha value is -4.70. The molecular weight excluding hydrogens is 709 g/mol. The maximum Gasteiger partial charge on any atom is 0.490 e. The van der Waals surface area contributed by atoms with Crippen molar-refractivity contribution in [2.75, 3.05) is 38.5 Å². The number of carboxylic acid groups (broad SMARTS) is 2. The molecule has 0 aliphatic heterocycles. The highest BCUT2D eigenvalue weighted by atomic mass is 32.2. The zero-order chi connectivity index (χ0) is 37.8. The van der Waals surface area contributed by atoms with Crippen LogP contribution in [-0.4, -0.2) is 92.4 Å². The van der Waals surface area contributed by atoms with E-state index in [4.69, 9.17) is 19.8 Å². The van der Waals surface area contributed by atoms with Crippen molar-refractivity contribution in [1.82, 2.24) is 20.5 Å². The third-order valence-electron chi connectivity index (χ3n) is 5.47. The van der Waals surface area contributed by atoms with E-state index >= 15 is 0 Å². The Labute approximate surface area is 272 Å². The molecule has 272 valence electrons. The second-order valence-corrected chi connectivity index (χ2v) is 11.4.